The van der Waals surface area contributed by atoms with Crippen LogP contribution in [0.4, 0.5) is 5.69 Å². The van der Waals surface area contributed by atoms with E-state index >= 15 is 0 Å². The van der Waals surface area contributed by atoms with Crippen LogP contribution in [-0.2, 0) is 0 Å². The van der Waals surface area contributed by atoms with E-state index in [1.54, 1.807) is 0 Å². The number of nitrogens with zero attached hydrogens (tertiary/aromatic N) is 2. The van der Waals surface area contributed by atoms with Gasteiger partial charge in [-0.25, -0.2) is 0 Å². The maximum atomic E-state index is 12.5. The van der Waals surface area contributed by atoms with Crippen LogP contribution in [0.25, 0.3) is 0 Å². The molecule has 3 rings (SSSR count). The van der Waals surface area contributed by atoms with Crippen molar-refractivity contribution in [1.29, 1.82) is 0 Å². The molecule has 1 aliphatic heterocycles. The van der Waals surface area contributed by atoms with E-state index in [1.165, 1.54) is 0 Å². The molecule has 0 saturated carbocycles. The molecule has 1 heterocycles. The Morgan fingerprint density at radius 1 is 1.00 bits per heavy atom. The second-order valence-corrected chi connectivity index (χ2v) is 6.89. The molecule has 1 fully saturated rings. The number of carbonyl (C=O) groups excluding carboxylic acids is 1. The topological polar surface area (TPSA) is 23.6 Å². The van der Waals surface area contributed by atoms with Gasteiger partial charge in [-0.1, -0.05) is 29.8 Å². The normalized spacial score (nSPS) is 15.0. The van der Waals surface area contributed by atoms with Gasteiger partial charge >= 0.3 is 0 Å². The van der Waals surface area contributed by atoms with Crippen LogP contribution in [0, 0.1) is 3.57 Å². The van der Waals surface area contributed by atoms with Gasteiger partial charge in [0, 0.05) is 35.3 Å². The second kappa shape index (κ2) is 6.87. The highest BCUT2D eigenvalue weighted by Crippen LogP contribution is 2.26. The summed E-state index contributed by atoms with van der Waals surface area (Å²) in [5.74, 6) is 0.109. The molecular weight excluding hydrogens is 411 g/mol. The average Bonchev–Trinajstić information content (AvgIpc) is 2.55. The highest BCUT2D eigenvalue weighted by Gasteiger charge is 2.23. The number of para-hydroxylation sites is 1. The van der Waals surface area contributed by atoms with E-state index in [2.05, 4.69) is 27.5 Å². The molecule has 1 saturated heterocycles. The fraction of sp³-hybridized carbons (Fsp3) is 0.235. The largest absolute Gasteiger partial charge is 0.367 e. The fourth-order valence-electron chi connectivity index (χ4n) is 2.66. The van der Waals surface area contributed by atoms with Crippen molar-refractivity contribution < 1.29 is 4.79 Å². The summed E-state index contributed by atoms with van der Waals surface area (Å²) in [6.45, 7) is 3.05. The molecule has 0 bridgehead atoms. The Balaban J connectivity index is 1.67. The summed E-state index contributed by atoms with van der Waals surface area (Å²) in [6.07, 6.45) is 0. The van der Waals surface area contributed by atoms with Crippen LogP contribution in [0.15, 0.2) is 48.5 Å². The smallest absolute Gasteiger partial charge is 0.254 e. The summed E-state index contributed by atoms with van der Waals surface area (Å²) in [5, 5.41) is 0.764. The summed E-state index contributed by atoms with van der Waals surface area (Å²) in [5.41, 5.74) is 1.81. The lowest BCUT2D eigenvalue weighted by atomic mass is 10.1. The third kappa shape index (κ3) is 3.38. The van der Waals surface area contributed by atoms with E-state index in [4.69, 9.17) is 11.6 Å². The number of hydrogen-bond acceptors (Lipinski definition) is 2. The molecule has 0 aliphatic carbocycles. The van der Waals surface area contributed by atoms with E-state index in [0.29, 0.717) is 0 Å². The van der Waals surface area contributed by atoms with Gasteiger partial charge in [0.05, 0.1) is 10.7 Å². The summed E-state index contributed by atoms with van der Waals surface area (Å²) >= 11 is 8.48. The van der Waals surface area contributed by atoms with Gasteiger partial charge in [0.2, 0.25) is 0 Å². The zero-order valence-corrected chi connectivity index (χ0v) is 14.9. The van der Waals surface area contributed by atoms with Crippen molar-refractivity contribution in [2.75, 3.05) is 31.1 Å². The number of carbonyl (C=O) groups is 1. The molecule has 1 aliphatic rings. The quantitative estimate of drug-likeness (QED) is 0.680. The van der Waals surface area contributed by atoms with Crippen molar-refractivity contribution in [2.24, 2.45) is 0 Å². The van der Waals surface area contributed by atoms with Gasteiger partial charge in [0.15, 0.2) is 0 Å². The summed E-state index contributed by atoms with van der Waals surface area (Å²) in [6, 6.07) is 15.6. The third-order valence-electron chi connectivity index (χ3n) is 3.83. The molecule has 0 aromatic heterocycles. The van der Waals surface area contributed by atoms with Crippen molar-refractivity contribution in [3.05, 3.63) is 62.7 Å². The second-order valence-electron chi connectivity index (χ2n) is 5.24. The number of benzene rings is 2. The van der Waals surface area contributed by atoms with Crippen molar-refractivity contribution >= 4 is 45.8 Å². The molecule has 114 valence electrons. The van der Waals surface area contributed by atoms with Crippen LogP contribution in [-0.4, -0.2) is 37.0 Å². The average molecular weight is 427 g/mol. The van der Waals surface area contributed by atoms with E-state index in [1.807, 2.05) is 53.4 Å². The van der Waals surface area contributed by atoms with Crippen molar-refractivity contribution in [2.45, 2.75) is 0 Å². The van der Waals surface area contributed by atoms with Gasteiger partial charge in [-0.05, 0) is 52.9 Å². The van der Waals surface area contributed by atoms with Gasteiger partial charge in [0.1, 0.15) is 0 Å². The van der Waals surface area contributed by atoms with Crippen LogP contribution in [0.2, 0.25) is 5.02 Å². The number of piperazine rings is 1. The van der Waals surface area contributed by atoms with Gasteiger partial charge in [-0.2, -0.15) is 0 Å². The fourth-order valence-corrected chi connectivity index (χ4v) is 3.46. The molecule has 5 heteroatoms. The number of halogens is 2. The van der Waals surface area contributed by atoms with Crippen LogP contribution in [0.1, 0.15) is 10.4 Å². The highest BCUT2D eigenvalue weighted by molar-refractivity contribution is 14.1. The van der Waals surface area contributed by atoms with Crippen molar-refractivity contribution in [3.63, 3.8) is 0 Å². The van der Waals surface area contributed by atoms with Gasteiger partial charge in [-0.15, -0.1) is 0 Å². The Kier molecular flexibility index (Phi) is 4.88. The molecule has 0 radical (unpaired) electrons. The zero-order chi connectivity index (χ0) is 15.5. The SMILES string of the molecule is O=C(c1cccc(I)c1)N1CCN(c2ccccc2Cl)CC1. The van der Waals surface area contributed by atoms with Gasteiger partial charge < -0.3 is 9.80 Å². The molecule has 2 aromatic carbocycles. The lowest BCUT2D eigenvalue weighted by molar-refractivity contribution is 0.0746. The lowest BCUT2D eigenvalue weighted by Gasteiger charge is -2.36. The highest BCUT2D eigenvalue weighted by atomic mass is 127. The minimum Gasteiger partial charge on any atom is -0.367 e. The molecule has 0 atom stereocenters. The number of hydrogen-bond donors (Lipinski definition) is 0. The first-order valence-corrected chi connectivity index (χ1v) is 8.65. The molecule has 3 nitrogen and oxygen atoms in total. The van der Waals surface area contributed by atoms with Crippen molar-refractivity contribution in [1.82, 2.24) is 4.90 Å². The molecule has 0 unspecified atom stereocenters. The number of rotatable bonds is 2. The summed E-state index contributed by atoms with van der Waals surface area (Å²) in [4.78, 5) is 16.7. The molecule has 0 N–H and O–H groups in total. The minimum atomic E-state index is 0.109. The third-order valence-corrected chi connectivity index (χ3v) is 4.82. The van der Waals surface area contributed by atoms with Crippen LogP contribution >= 0.6 is 34.2 Å². The molecule has 0 spiro atoms. The molecule has 2 aromatic rings. The Hall–Kier alpha value is -1.27. The van der Waals surface area contributed by atoms with Crippen LogP contribution in [0.5, 0.6) is 0 Å². The zero-order valence-electron chi connectivity index (χ0n) is 12.0. The standard InChI is InChI=1S/C17H16ClIN2O/c18-15-6-1-2-7-16(15)20-8-10-21(11-9-20)17(22)13-4-3-5-14(19)12-13/h1-7,12H,8-11H2. The Morgan fingerprint density at radius 2 is 1.73 bits per heavy atom. The van der Waals surface area contributed by atoms with E-state index < -0.39 is 0 Å². The first-order valence-electron chi connectivity index (χ1n) is 7.19. The van der Waals surface area contributed by atoms with Crippen molar-refractivity contribution in [3.8, 4) is 0 Å². The Morgan fingerprint density at radius 3 is 2.41 bits per heavy atom. The minimum absolute atomic E-state index is 0.109. The van der Waals surface area contributed by atoms with Crippen LogP contribution < -0.4 is 4.90 Å². The number of amides is 1. The van der Waals surface area contributed by atoms with Gasteiger partial charge in [0.25, 0.3) is 5.91 Å². The predicted molar refractivity (Wildman–Crippen MR) is 98.7 cm³/mol. The number of anilines is 1. The molecule has 22 heavy (non-hydrogen) atoms. The first kappa shape index (κ1) is 15.6. The Bertz CT molecular complexity index is 684. The predicted octanol–water partition coefficient (Wildman–Crippen LogP) is 3.91. The maximum Gasteiger partial charge on any atom is 0.254 e. The first-order chi connectivity index (χ1) is 10.6. The Labute approximate surface area is 149 Å². The molecule has 1 amide bonds. The van der Waals surface area contributed by atoms with Gasteiger partial charge in [-0.3, -0.25) is 4.79 Å². The van der Waals surface area contributed by atoms with E-state index in [-0.39, 0.29) is 5.91 Å². The lowest BCUT2D eigenvalue weighted by Crippen LogP contribution is -2.48. The van der Waals surface area contributed by atoms with Crippen LogP contribution in [0.3, 0.4) is 0 Å². The molecular formula is C17H16ClIN2O. The van der Waals surface area contributed by atoms with E-state index in [9.17, 15) is 4.79 Å². The summed E-state index contributed by atoms with van der Waals surface area (Å²) < 4.78 is 1.08. The van der Waals surface area contributed by atoms with E-state index in [0.717, 1.165) is 46.0 Å². The summed E-state index contributed by atoms with van der Waals surface area (Å²) in [7, 11) is 0. The monoisotopic (exact) mass is 426 g/mol. The maximum absolute atomic E-state index is 12.5.